The number of nitrogens with one attached hydrogen (secondary N) is 1. The van der Waals surface area contributed by atoms with Crippen LogP contribution in [0.5, 0.6) is 0 Å². The molecule has 2 unspecified atom stereocenters. The van der Waals surface area contributed by atoms with Gasteiger partial charge in [-0.25, -0.2) is 0 Å². The Bertz CT molecular complexity index is 496. The molecule has 20 heavy (non-hydrogen) atoms. The smallest absolute Gasteiger partial charge is 0.241 e. The average molecular weight is 290 g/mol. The van der Waals surface area contributed by atoms with Crippen molar-refractivity contribution in [3.63, 3.8) is 0 Å². The molecule has 1 heterocycles. The van der Waals surface area contributed by atoms with Gasteiger partial charge in [0.15, 0.2) is 0 Å². The van der Waals surface area contributed by atoms with Gasteiger partial charge in [-0.15, -0.1) is 11.8 Å². The number of benzene rings is 1. The Labute approximate surface area is 125 Å². The van der Waals surface area contributed by atoms with E-state index < -0.39 is 0 Å². The highest BCUT2D eigenvalue weighted by Crippen LogP contribution is 2.38. The first-order chi connectivity index (χ1) is 9.60. The van der Waals surface area contributed by atoms with Gasteiger partial charge in [0.05, 0.1) is 6.04 Å². The molecular weight excluding hydrogens is 268 g/mol. The van der Waals surface area contributed by atoms with Crippen molar-refractivity contribution < 1.29 is 4.79 Å². The van der Waals surface area contributed by atoms with Crippen LogP contribution in [-0.4, -0.2) is 29.1 Å². The van der Waals surface area contributed by atoms with Gasteiger partial charge in [0.25, 0.3) is 0 Å². The second-order valence-electron chi connectivity index (χ2n) is 6.04. The van der Waals surface area contributed by atoms with Gasteiger partial charge in [-0.05, 0) is 49.6 Å². The van der Waals surface area contributed by atoms with Gasteiger partial charge >= 0.3 is 0 Å². The molecule has 108 valence electrons. The van der Waals surface area contributed by atoms with Gasteiger partial charge in [0, 0.05) is 10.9 Å². The van der Waals surface area contributed by atoms with Crippen LogP contribution in [0.4, 0.5) is 0 Å². The molecule has 1 saturated heterocycles. The quantitative estimate of drug-likeness (QED) is 0.869. The number of carbonyl (C=O) groups excluding carboxylic acids is 1. The van der Waals surface area contributed by atoms with Crippen molar-refractivity contribution in [3.8, 4) is 0 Å². The normalized spacial score (nSPS) is 33.4. The van der Waals surface area contributed by atoms with E-state index in [9.17, 15) is 4.79 Å². The van der Waals surface area contributed by atoms with Crippen molar-refractivity contribution in [1.82, 2.24) is 10.2 Å². The van der Waals surface area contributed by atoms with E-state index in [2.05, 4.69) is 47.7 Å². The summed E-state index contributed by atoms with van der Waals surface area (Å²) in [6.45, 7) is 4.23. The monoisotopic (exact) mass is 290 g/mol. The molecule has 3 rings (SSSR count). The molecule has 0 radical (unpaired) electrons. The molecule has 3 nitrogen and oxygen atoms in total. The van der Waals surface area contributed by atoms with Gasteiger partial charge in [0.1, 0.15) is 6.17 Å². The molecule has 1 aromatic carbocycles. The zero-order chi connectivity index (χ0) is 14.3. The Hall–Kier alpha value is -1.00. The lowest BCUT2D eigenvalue weighted by Gasteiger charge is -2.42. The second kappa shape index (κ2) is 5.41. The molecule has 4 heteroatoms. The van der Waals surface area contributed by atoms with Crippen LogP contribution >= 0.6 is 11.8 Å². The molecule has 0 spiro atoms. The summed E-state index contributed by atoms with van der Waals surface area (Å²) in [7, 11) is 0. The van der Waals surface area contributed by atoms with Crippen LogP contribution in [0.3, 0.4) is 0 Å². The van der Waals surface area contributed by atoms with Crippen LogP contribution in [-0.2, 0) is 4.79 Å². The molecule has 1 aliphatic heterocycles. The van der Waals surface area contributed by atoms with Crippen LogP contribution < -0.4 is 5.32 Å². The van der Waals surface area contributed by atoms with Crippen LogP contribution in [0, 0.1) is 5.92 Å². The minimum absolute atomic E-state index is 0.0471. The number of hydrogen-bond acceptors (Lipinski definition) is 3. The van der Waals surface area contributed by atoms with E-state index >= 15 is 0 Å². The molecule has 1 amide bonds. The van der Waals surface area contributed by atoms with E-state index in [4.69, 9.17) is 0 Å². The third-order valence-electron chi connectivity index (χ3n) is 4.48. The molecule has 1 aliphatic carbocycles. The first kappa shape index (κ1) is 14.0. The maximum absolute atomic E-state index is 12.4. The standard InChI is InChI=1S/C16H22N2OS/c1-10-8-13(9-10)18-15(17-11(2)16(18)19)12-4-6-14(20-3)7-5-12/h4-7,10-11,13,15,17H,8-9H2,1-3H3. The van der Waals surface area contributed by atoms with E-state index in [0.717, 1.165) is 18.8 Å². The predicted molar refractivity (Wildman–Crippen MR) is 82.6 cm³/mol. The van der Waals surface area contributed by atoms with Crippen LogP contribution in [0.2, 0.25) is 0 Å². The fourth-order valence-electron chi connectivity index (χ4n) is 3.26. The van der Waals surface area contributed by atoms with Crippen LogP contribution in [0.15, 0.2) is 29.2 Å². The summed E-state index contributed by atoms with van der Waals surface area (Å²) in [5, 5.41) is 3.44. The Kier molecular flexibility index (Phi) is 3.78. The molecule has 0 aromatic heterocycles. The minimum Gasteiger partial charge on any atom is -0.319 e. The first-order valence-corrected chi connectivity index (χ1v) is 8.55. The Morgan fingerprint density at radius 3 is 2.40 bits per heavy atom. The highest BCUT2D eigenvalue weighted by atomic mass is 32.2. The average Bonchev–Trinajstić information content (AvgIpc) is 2.72. The van der Waals surface area contributed by atoms with Gasteiger partial charge in [-0.2, -0.15) is 0 Å². The zero-order valence-corrected chi connectivity index (χ0v) is 13.1. The Morgan fingerprint density at radius 2 is 1.85 bits per heavy atom. The Morgan fingerprint density at radius 1 is 1.20 bits per heavy atom. The molecule has 1 N–H and O–H groups in total. The molecule has 2 atom stereocenters. The predicted octanol–water partition coefficient (Wildman–Crippen LogP) is 3.03. The van der Waals surface area contributed by atoms with Gasteiger partial charge in [0.2, 0.25) is 5.91 Å². The summed E-state index contributed by atoms with van der Waals surface area (Å²) in [6.07, 6.45) is 4.40. The van der Waals surface area contributed by atoms with E-state index in [1.165, 1.54) is 10.5 Å². The van der Waals surface area contributed by atoms with E-state index in [1.54, 1.807) is 11.8 Å². The third kappa shape index (κ3) is 2.35. The molecule has 1 saturated carbocycles. The van der Waals surface area contributed by atoms with Crippen molar-refractivity contribution in [3.05, 3.63) is 29.8 Å². The van der Waals surface area contributed by atoms with E-state index in [0.29, 0.717) is 6.04 Å². The summed E-state index contributed by atoms with van der Waals surface area (Å²) >= 11 is 1.74. The molecule has 2 aliphatic rings. The number of thioether (sulfide) groups is 1. The maximum atomic E-state index is 12.4. The summed E-state index contributed by atoms with van der Waals surface area (Å²) in [5.41, 5.74) is 1.19. The minimum atomic E-state index is -0.0730. The fraction of sp³-hybridized carbons (Fsp3) is 0.562. The second-order valence-corrected chi connectivity index (χ2v) is 6.92. The first-order valence-electron chi connectivity index (χ1n) is 7.32. The van der Waals surface area contributed by atoms with E-state index in [1.807, 2.05) is 6.92 Å². The summed E-state index contributed by atoms with van der Waals surface area (Å²) < 4.78 is 0. The zero-order valence-electron chi connectivity index (χ0n) is 12.3. The fourth-order valence-corrected chi connectivity index (χ4v) is 3.67. The number of nitrogens with zero attached hydrogens (tertiary/aromatic N) is 1. The highest BCUT2D eigenvalue weighted by molar-refractivity contribution is 7.98. The molecule has 2 fully saturated rings. The van der Waals surface area contributed by atoms with Gasteiger partial charge < -0.3 is 4.90 Å². The SMILES string of the molecule is CSc1ccc(C2NC(C)C(=O)N2C2CC(C)C2)cc1. The van der Waals surface area contributed by atoms with Crippen molar-refractivity contribution in [2.45, 2.75) is 49.8 Å². The number of amides is 1. The van der Waals surface area contributed by atoms with Gasteiger partial charge in [-0.1, -0.05) is 19.1 Å². The van der Waals surface area contributed by atoms with Crippen molar-refractivity contribution >= 4 is 17.7 Å². The van der Waals surface area contributed by atoms with Crippen molar-refractivity contribution in [2.75, 3.05) is 6.26 Å². The van der Waals surface area contributed by atoms with Crippen molar-refractivity contribution in [2.24, 2.45) is 5.92 Å². The van der Waals surface area contributed by atoms with Crippen molar-refractivity contribution in [1.29, 1.82) is 0 Å². The lowest BCUT2D eigenvalue weighted by molar-refractivity contribution is -0.134. The summed E-state index contributed by atoms with van der Waals surface area (Å²) in [6, 6.07) is 8.90. The number of rotatable bonds is 3. The van der Waals surface area contributed by atoms with Crippen LogP contribution in [0.1, 0.15) is 38.4 Å². The summed E-state index contributed by atoms with van der Waals surface area (Å²) in [5.74, 6) is 1.00. The lowest BCUT2D eigenvalue weighted by Crippen LogP contribution is -2.46. The number of hydrogen-bond donors (Lipinski definition) is 1. The molecule has 1 aromatic rings. The Balaban J connectivity index is 1.83. The topological polar surface area (TPSA) is 32.3 Å². The summed E-state index contributed by atoms with van der Waals surface area (Å²) in [4.78, 5) is 15.8. The van der Waals surface area contributed by atoms with Crippen LogP contribution in [0.25, 0.3) is 0 Å². The lowest BCUT2D eigenvalue weighted by atomic mass is 9.80. The molecule has 0 bridgehead atoms. The van der Waals surface area contributed by atoms with E-state index in [-0.39, 0.29) is 18.1 Å². The third-order valence-corrected chi connectivity index (χ3v) is 5.23. The highest BCUT2D eigenvalue weighted by Gasteiger charge is 2.44. The number of carbonyl (C=O) groups is 1. The molecular formula is C16H22N2OS. The largest absolute Gasteiger partial charge is 0.319 e. The maximum Gasteiger partial charge on any atom is 0.241 e. The van der Waals surface area contributed by atoms with Gasteiger partial charge in [-0.3, -0.25) is 10.1 Å².